The highest BCUT2D eigenvalue weighted by Gasteiger charge is 2.26. The first kappa shape index (κ1) is 25.5. The fourth-order valence-corrected chi connectivity index (χ4v) is 4.31. The molecule has 0 aliphatic heterocycles. The van der Waals surface area contributed by atoms with E-state index in [4.69, 9.17) is 19.0 Å². The Hall–Kier alpha value is -5.11. The summed E-state index contributed by atoms with van der Waals surface area (Å²) in [4.78, 5) is 24.8. The van der Waals surface area contributed by atoms with Crippen molar-refractivity contribution in [3.8, 4) is 39.7 Å². The Bertz CT molecular complexity index is 1650. The Kier molecular flexibility index (Phi) is 7.01. The van der Waals surface area contributed by atoms with Gasteiger partial charge < -0.3 is 19.2 Å². The van der Waals surface area contributed by atoms with Crippen molar-refractivity contribution in [3.05, 3.63) is 102 Å². The number of nitrogens with zero attached hydrogens (tertiary/aromatic N) is 2. The number of anilines is 1. The highest BCUT2D eigenvalue weighted by atomic mass is 16.5. The summed E-state index contributed by atoms with van der Waals surface area (Å²) in [6.45, 7) is 5.39. The molecule has 2 heterocycles. The van der Waals surface area contributed by atoms with Gasteiger partial charge in [-0.25, -0.2) is 0 Å². The van der Waals surface area contributed by atoms with E-state index in [2.05, 4.69) is 5.32 Å². The van der Waals surface area contributed by atoms with Crippen LogP contribution in [-0.2, 0) is 4.79 Å². The fourth-order valence-electron chi connectivity index (χ4n) is 4.31. The van der Waals surface area contributed by atoms with Crippen LogP contribution in [0.4, 0.5) is 5.69 Å². The molecule has 0 spiro atoms. The molecule has 0 unspecified atom stereocenters. The molecule has 0 fully saturated rings. The summed E-state index contributed by atoms with van der Waals surface area (Å²) in [7, 11) is 1.61. The molecule has 0 bridgehead atoms. The topological polar surface area (TPSA) is 95.6 Å². The summed E-state index contributed by atoms with van der Waals surface area (Å²) >= 11 is 0. The number of methoxy groups -OCH3 is 1. The number of amides is 1. The Morgan fingerprint density at radius 2 is 1.69 bits per heavy atom. The van der Waals surface area contributed by atoms with Crippen molar-refractivity contribution >= 4 is 17.6 Å². The SMILES string of the molecule is COc1cccc(-c2nn(-c3cccc(C)c3C)c(OC(C)=O)c2-c2ccc(NC(=O)c3ccco3)cc2)c1. The molecule has 2 aromatic heterocycles. The maximum Gasteiger partial charge on any atom is 0.309 e. The smallest absolute Gasteiger partial charge is 0.309 e. The molecule has 5 rings (SSSR count). The predicted octanol–water partition coefficient (Wildman–Crippen LogP) is 6.60. The van der Waals surface area contributed by atoms with Crippen LogP contribution in [0, 0.1) is 13.8 Å². The van der Waals surface area contributed by atoms with Crippen molar-refractivity contribution < 1.29 is 23.5 Å². The number of esters is 1. The van der Waals surface area contributed by atoms with Crippen LogP contribution in [0.25, 0.3) is 28.1 Å². The summed E-state index contributed by atoms with van der Waals surface area (Å²) in [5.41, 5.74) is 6.24. The molecule has 0 saturated heterocycles. The molecule has 1 amide bonds. The minimum Gasteiger partial charge on any atom is -0.497 e. The molecule has 1 N–H and O–H groups in total. The van der Waals surface area contributed by atoms with Crippen LogP contribution < -0.4 is 14.8 Å². The minimum absolute atomic E-state index is 0.214. The monoisotopic (exact) mass is 521 g/mol. The van der Waals surface area contributed by atoms with E-state index < -0.39 is 5.97 Å². The lowest BCUT2D eigenvalue weighted by Gasteiger charge is -2.13. The summed E-state index contributed by atoms with van der Waals surface area (Å²) in [6, 6.07) is 23.9. The van der Waals surface area contributed by atoms with Crippen molar-refractivity contribution in [2.45, 2.75) is 20.8 Å². The van der Waals surface area contributed by atoms with Crippen LogP contribution in [0.2, 0.25) is 0 Å². The number of aromatic nitrogens is 2. The summed E-state index contributed by atoms with van der Waals surface area (Å²) < 4.78 is 18.1. The summed E-state index contributed by atoms with van der Waals surface area (Å²) in [5, 5.41) is 7.78. The van der Waals surface area contributed by atoms with Crippen LogP contribution in [-0.4, -0.2) is 28.8 Å². The molecule has 0 aliphatic rings. The molecular weight excluding hydrogens is 494 g/mol. The fraction of sp³-hybridized carbons (Fsp3) is 0.129. The van der Waals surface area contributed by atoms with Gasteiger partial charge in [-0.1, -0.05) is 36.4 Å². The second-order valence-electron chi connectivity index (χ2n) is 8.99. The van der Waals surface area contributed by atoms with E-state index in [0.29, 0.717) is 28.6 Å². The zero-order valence-corrected chi connectivity index (χ0v) is 22.0. The first-order valence-electron chi connectivity index (χ1n) is 12.3. The van der Waals surface area contributed by atoms with E-state index in [-0.39, 0.29) is 11.7 Å². The van der Waals surface area contributed by atoms with Crippen LogP contribution in [0.3, 0.4) is 0 Å². The number of carbonyl (C=O) groups excluding carboxylic acids is 2. The normalized spacial score (nSPS) is 10.8. The van der Waals surface area contributed by atoms with Gasteiger partial charge in [0.05, 0.1) is 24.6 Å². The van der Waals surface area contributed by atoms with Crippen LogP contribution in [0.15, 0.2) is 89.5 Å². The van der Waals surface area contributed by atoms with E-state index in [0.717, 1.165) is 27.9 Å². The number of ether oxygens (including phenoxy) is 2. The Morgan fingerprint density at radius 1 is 0.923 bits per heavy atom. The predicted molar refractivity (Wildman–Crippen MR) is 148 cm³/mol. The van der Waals surface area contributed by atoms with Crippen LogP contribution >= 0.6 is 0 Å². The number of hydrogen-bond donors (Lipinski definition) is 1. The average Bonchev–Trinajstić information content (AvgIpc) is 3.60. The molecular formula is C31H27N3O5. The number of furan rings is 1. The lowest BCUT2D eigenvalue weighted by molar-refractivity contribution is -0.132. The molecule has 5 aromatic rings. The van der Waals surface area contributed by atoms with Gasteiger partial charge in [0.1, 0.15) is 11.4 Å². The van der Waals surface area contributed by atoms with Crippen LogP contribution in [0.1, 0.15) is 28.6 Å². The van der Waals surface area contributed by atoms with Gasteiger partial charge in [0.15, 0.2) is 5.76 Å². The van der Waals surface area contributed by atoms with Crippen molar-refractivity contribution in [1.29, 1.82) is 0 Å². The maximum absolute atomic E-state index is 12.4. The van der Waals surface area contributed by atoms with Gasteiger partial charge >= 0.3 is 5.97 Å². The molecule has 3 aromatic carbocycles. The Labute approximate surface area is 225 Å². The first-order chi connectivity index (χ1) is 18.9. The van der Waals surface area contributed by atoms with Crippen LogP contribution in [0.5, 0.6) is 11.6 Å². The van der Waals surface area contributed by atoms with E-state index in [1.54, 1.807) is 36.1 Å². The van der Waals surface area contributed by atoms with Gasteiger partial charge in [-0.05, 0) is 73.0 Å². The number of rotatable bonds is 7. The standard InChI is InChI=1S/C31H27N3O5/c1-19-8-5-11-26(20(19)2)34-31(39-21(3)35)28(29(33-34)23-9-6-10-25(18-23)37-4)22-13-15-24(16-14-22)32-30(36)27-12-7-17-38-27/h5-18H,1-4H3,(H,32,36). The Balaban J connectivity index is 1.68. The highest BCUT2D eigenvalue weighted by molar-refractivity contribution is 6.02. The van der Waals surface area contributed by atoms with Gasteiger partial charge in [-0.15, -0.1) is 0 Å². The second-order valence-corrected chi connectivity index (χ2v) is 8.99. The molecule has 8 heteroatoms. The maximum atomic E-state index is 12.4. The Morgan fingerprint density at radius 3 is 2.38 bits per heavy atom. The summed E-state index contributed by atoms with van der Waals surface area (Å²) in [5.74, 6) is 0.355. The molecule has 0 aliphatic carbocycles. The van der Waals surface area contributed by atoms with Crippen molar-refractivity contribution in [1.82, 2.24) is 9.78 Å². The second kappa shape index (κ2) is 10.7. The number of benzene rings is 3. The number of aryl methyl sites for hydroxylation is 1. The van der Waals surface area contributed by atoms with Gasteiger partial charge in [0.25, 0.3) is 5.91 Å². The van der Waals surface area contributed by atoms with E-state index in [9.17, 15) is 9.59 Å². The third-order valence-electron chi connectivity index (χ3n) is 6.41. The third-order valence-corrected chi connectivity index (χ3v) is 6.41. The molecule has 0 saturated carbocycles. The van der Waals surface area contributed by atoms with E-state index in [1.807, 2.05) is 68.4 Å². The summed E-state index contributed by atoms with van der Waals surface area (Å²) in [6.07, 6.45) is 1.45. The van der Waals surface area contributed by atoms with Gasteiger partial charge in [-0.3, -0.25) is 9.59 Å². The molecule has 8 nitrogen and oxygen atoms in total. The first-order valence-corrected chi connectivity index (χ1v) is 12.3. The molecule has 0 atom stereocenters. The minimum atomic E-state index is -0.470. The van der Waals surface area contributed by atoms with Gasteiger partial charge in [0.2, 0.25) is 5.88 Å². The zero-order valence-electron chi connectivity index (χ0n) is 22.0. The van der Waals surface area contributed by atoms with E-state index >= 15 is 0 Å². The van der Waals surface area contributed by atoms with Gasteiger partial charge in [0, 0.05) is 18.2 Å². The van der Waals surface area contributed by atoms with Crippen molar-refractivity contribution in [3.63, 3.8) is 0 Å². The largest absolute Gasteiger partial charge is 0.497 e. The average molecular weight is 522 g/mol. The number of nitrogens with one attached hydrogen (secondary N) is 1. The zero-order chi connectivity index (χ0) is 27.5. The van der Waals surface area contributed by atoms with Crippen molar-refractivity contribution in [2.75, 3.05) is 12.4 Å². The number of hydrogen-bond acceptors (Lipinski definition) is 6. The lowest BCUT2D eigenvalue weighted by Crippen LogP contribution is -2.10. The van der Waals surface area contributed by atoms with E-state index in [1.165, 1.54) is 13.2 Å². The van der Waals surface area contributed by atoms with Crippen molar-refractivity contribution in [2.24, 2.45) is 0 Å². The molecule has 39 heavy (non-hydrogen) atoms. The highest BCUT2D eigenvalue weighted by Crippen LogP contribution is 2.42. The quantitative estimate of drug-likeness (QED) is 0.242. The lowest BCUT2D eigenvalue weighted by atomic mass is 10.0. The third kappa shape index (κ3) is 5.17. The molecule has 196 valence electrons. The molecule has 0 radical (unpaired) electrons. The number of carbonyl (C=O) groups is 2. The van der Waals surface area contributed by atoms with Gasteiger partial charge in [-0.2, -0.15) is 9.78 Å².